The Balaban J connectivity index is 1.89. The number of ether oxygens (including phenoxy) is 1. The summed E-state index contributed by atoms with van der Waals surface area (Å²) in [4.78, 5) is 14.5. The van der Waals surface area contributed by atoms with Crippen molar-refractivity contribution in [3.05, 3.63) is 35.9 Å². The number of likely N-dealkylation sites (tertiary alicyclic amines) is 1. The zero-order valence-corrected chi connectivity index (χ0v) is 12.6. The predicted octanol–water partition coefficient (Wildman–Crippen LogP) is 2.13. The van der Waals surface area contributed by atoms with Gasteiger partial charge in [-0.05, 0) is 32.3 Å². The highest BCUT2D eigenvalue weighted by Crippen LogP contribution is 2.47. The predicted molar refractivity (Wildman–Crippen MR) is 79.6 cm³/mol. The monoisotopic (exact) mass is 289 g/mol. The molecule has 0 spiro atoms. The van der Waals surface area contributed by atoms with Crippen LogP contribution in [0.25, 0.3) is 0 Å². The van der Waals surface area contributed by atoms with E-state index in [1.54, 1.807) is 0 Å². The molecule has 4 nitrogen and oxygen atoms in total. The number of fused-ring (bicyclic) bond motifs is 2. The molecule has 0 amide bonds. The molecule has 1 saturated heterocycles. The largest absolute Gasteiger partial charge is 0.465 e. The Kier molecular flexibility index (Phi) is 4.00. The van der Waals surface area contributed by atoms with E-state index in [0.29, 0.717) is 6.61 Å². The highest BCUT2D eigenvalue weighted by molar-refractivity contribution is 5.77. The molecule has 1 aromatic carbocycles. The Hall–Kier alpha value is -1.39. The van der Waals surface area contributed by atoms with E-state index in [1.807, 2.05) is 25.1 Å². The van der Waals surface area contributed by atoms with Gasteiger partial charge in [0.05, 0.1) is 12.7 Å². The van der Waals surface area contributed by atoms with Gasteiger partial charge in [0, 0.05) is 18.0 Å². The Morgan fingerprint density at radius 1 is 1.38 bits per heavy atom. The molecule has 21 heavy (non-hydrogen) atoms. The van der Waals surface area contributed by atoms with Gasteiger partial charge < -0.3 is 9.84 Å². The first-order chi connectivity index (χ1) is 10.1. The Labute approximate surface area is 125 Å². The summed E-state index contributed by atoms with van der Waals surface area (Å²) >= 11 is 0. The van der Waals surface area contributed by atoms with E-state index in [1.165, 1.54) is 5.56 Å². The molecular weight excluding hydrogens is 266 g/mol. The number of aliphatic hydroxyl groups excluding tert-OH is 1. The third-order valence-electron chi connectivity index (χ3n) is 5.00. The fourth-order valence-electron chi connectivity index (χ4n) is 4.04. The van der Waals surface area contributed by atoms with Crippen LogP contribution in [0.15, 0.2) is 30.3 Å². The van der Waals surface area contributed by atoms with E-state index in [0.717, 1.165) is 12.8 Å². The van der Waals surface area contributed by atoms with Gasteiger partial charge in [0.2, 0.25) is 0 Å². The zero-order chi connectivity index (χ0) is 15.0. The summed E-state index contributed by atoms with van der Waals surface area (Å²) in [5.41, 5.74) is 1.17. The molecule has 1 N–H and O–H groups in total. The number of aliphatic hydroxyl groups is 1. The minimum absolute atomic E-state index is 0.0141. The molecule has 5 atom stereocenters. The summed E-state index contributed by atoms with van der Waals surface area (Å²) in [7, 11) is 0. The first-order valence-corrected chi connectivity index (χ1v) is 7.82. The van der Waals surface area contributed by atoms with E-state index in [2.05, 4.69) is 24.0 Å². The van der Waals surface area contributed by atoms with Crippen LogP contribution >= 0.6 is 0 Å². The third-order valence-corrected chi connectivity index (χ3v) is 5.00. The summed E-state index contributed by atoms with van der Waals surface area (Å²) in [6.07, 6.45) is 1.46. The van der Waals surface area contributed by atoms with Gasteiger partial charge in [-0.1, -0.05) is 30.3 Å². The highest BCUT2D eigenvalue weighted by atomic mass is 16.5. The van der Waals surface area contributed by atoms with Gasteiger partial charge in [0.1, 0.15) is 6.04 Å². The van der Waals surface area contributed by atoms with E-state index >= 15 is 0 Å². The molecular formula is C17H23NO3. The fourth-order valence-corrected chi connectivity index (χ4v) is 4.04. The van der Waals surface area contributed by atoms with Crippen LogP contribution in [0.4, 0.5) is 0 Å². The molecule has 1 heterocycles. The summed E-state index contributed by atoms with van der Waals surface area (Å²) in [5, 5.41) is 10.4. The van der Waals surface area contributed by atoms with Crippen molar-refractivity contribution < 1.29 is 14.6 Å². The van der Waals surface area contributed by atoms with Crippen molar-refractivity contribution in [1.82, 2.24) is 4.90 Å². The second-order valence-electron chi connectivity index (χ2n) is 6.03. The quantitative estimate of drug-likeness (QED) is 0.863. The van der Waals surface area contributed by atoms with Gasteiger partial charge in [-0.15, -0.1) is 0 Å². The molecule has 2 fully saturated rings. The molecule has 4 heteroatoms. The number of esters is 1. The second kappa shape index (κ2) is 5.78. The van der Waals surface area contributed by atoms with Crippen molar-refractivity contribution in [2.45, 2.75) is 50.9 Å². The average Bonchev–Trinajstić information content (AvgIpc) is 3.00. The maximum atomic E-state index is 12.4. The molecule has 1 aliphatic carbocycles. The highest BCUT2D eigenvalue weighted by Gasteiger charge is 2.57. The zero-order valence-electron chi connectivity index (χ0n) is 12.6. The van der Waals surface area contributed by atoms with Crippen molar-refractivity contribution >= 4 is 5.97 Å². The summed E-state index contributed by atoms with van der Waals surface area (Å²) < 4.78 is 5.25. The molecule has 1 saturated carbocycles. The SMILES string of the molecule is CCOC(=O)[C@@H]1[C@H]2CC[C@H](C2O)N1[C@H](C)c1ccccc1. The lowest BCUT2D eigenvalue weighted by molar-refractivity contribution is -0.152. The molecule has 2 aliphatic rings. The van der Waals surface area contributed by atoms with Gasteiger partial charge >= 0.3 is 5.97 Å². The molecule has 1 aromatic rings. The van der Waals surface area contributed by atoms with Gasteiger partial charge in [-0.3, -0.25) is 9.69 Å². The van der Waals surface area contributed by atoms with E-state index in [9.17, 15) is 9.90 Å². The molecule has 0 aromatic heterocycles. The topological polar surface area (TPSA) is 49.8 Å². The lowest BCUT2D eigenvalue weighted by Gasteiger charge is -2.37. The van der Waals surface area contributed by atoms with E-state index in [4.69, 9.17) is 4.74 Å². The number of piperidine rings is 1. The van der Waals surface area contributed by atoms with Crippen LogP contribution in [0.1, 0.15) is 38.3 Å². The number of hydrogen-bond acceptors (Lipinski definition) is 4. The van der Waals surface area contributed by atoms with Crippen LogP contribution in [0.2, 0.25) is 0 Å². The van der Waals surface area contributed by atoms with Gasteiger partial charge in [0.25, 0.3) is 0 Å². The molecule has 1 aliphatic heterocycles. The van der Waals surface area contributed by atoms with Crippen LogP contribution in [0.5, 0.6) is 0 Å². The van der Waals surface area contributed by atoms with Gasteiger partial charge in [0.15, 0.2) is 0 Å². The fraction of sp³-hybridized carbons (Fsp3) is 0.588. The van der Waals surface area contributed by atoms with Crippen molar-refractivity contribution in [1.29, 1.82) is 0 Å². The average molecular weight is 289 g/mol. The summed E-state index contributed by atoms with van der Waals surface area (Å²) in [5.74, 6) is -0.174. The lowest BCUT2D eigenvalue weighted by Crippen LogP contribution is -2.47. The number of carbonyl (C=O) groups is 1. The summed E-state index contributed by atoms with van der Waals surface area (Å²) in [6, 6.07) is 10.0. The van der Waals surface area contributed by atoms with E-state index in [-0.39, 0.29) is 30.0 Å². The number of carbonyl (C=O) groups excluding carboxylic acids is 1. The van der Waals surface area contributed by atoms with Gasteiger partial charge in [-0.25, -0.2) is 0 Å². The molecule has 3 rings (SSSR count). The van der Waals surface area contributed by atoms with Gasteiger partial charge in [-0.2, -0.15) is 0 Å². The third kappa shape index (κ3) is 2.36. The first kappa shape index (κ1) is 14.5. The normalized spacial score (nSPS) is 33.1. The minimum atomic E-state index is -0.412. The Morgan fingerprint density at radius 2 is 2.10 bits per heavy atom. The first-order valence-electron chi connectivity index (χ1n) is 7.82. The molecule has 0 radical (unpaired) electrons. The maximum Gasteiger partial charge on any atom is 0.323 e. The van der Waals surface area contributed by atoms with Crippen LogP contribution in [0, 0.1) is 5.92 Å². The van der Waals surface area contributed by atoms with E-state index < -0.39 is 6.10 Å². The van der Waals surface area contributed by atoms with Crippen molar-refractivity contribution in [2.24, 2.45) is 5.92 Å². The molecule has 114 valence electrons. The van der Waals surface area contributed by atoms with Crippen molar-refractivity contribution in [3.63, 3.8) is 0 Å². The number of benzene rings is 1. The van der Waals surface area contributed by atoms with Crippen molar-refractivity contribution in [3.8, 4) is 0 Å². The molecule has 1 unspecified atom stereocenters. The number of nitrogens with zero attached hydrogens (tertiary/aromatic N) is 1. The molecule has 2 bridgehead atoms. The number of rotatable bonds is 4. The maximum absolute atomic E-state index is 12.4. The lowest BCUT2D eigenvalue weighted by atomic mass is 9.95. The van der Waals surface area contributed by atoms with Crippen LogP contribution in [-0.2, 0) is 9.53 Å². The summed E-state index contributed by atoms with van der Waals surface area (Å²) in [6.45, 7) is 4.32. The second-order valence-corrected chi connectivity index (χ2v) is 6.03. The Morgan fingerprint density at radius 3 is 2.76 bits per heavy atom. The van der Waals surface area contributed by atoms with Crippen LogP contribution < -0.4 is 0 Å². The van der Waals surface area contributed by atoms with Crippen LogP contribution in [-0.4, -0.2) is 40.8 Å². The standard InChI is InChI=1S/C17H23NO3/c1-3-21-17(20)15-13-9-10-14(16(13)19)18(15)11(2)12-7-5-4-6-8-12/h4-8,11,13-16,19H,3,9-10H2,1-2H3/t11-,13-,14-,15+,16?/m1/s1. The minimum Gasteiger partial charge on any atom is -0.465 e. The number of hydrogen-bond donors (Lipinski definition) is 1. The van der Waals surface area contributed by atoms with Crippen molar-refractivity contribution in [2.75, 3.05) is 6.61 Å². The van der Waals surface area contributed by atoms with Crippen LogP contribution in [0.3, 0.4) is 0 Å². The smallest absolute Gasteiger partial charge is 0.323 e. The Bertz CT molecular complexity index is 504.